The Morgan fingerprint density at radius 2 is 2.15 bits per heavy atom. The van der Waals surface area contributed by atoms with Gasteiger partial charge < -0.3 is 10.4 Å². The monoisotopic (exact) mass is 314 g/mol. The maximum absolute atomic E-state index is 11.8. The minimum absolute atomic E-state index is 0.192. The van der Waals surface area contributed by atoms with Gasteiger partial charge >= 0.3 is 12.0 Å². The predicted molar refractivity (Wildman–Crippen MR) is 83.3 cm³/mol. The van der Waals surface area contributed by atoms with Gasteiger partial charge in [0.1, 0.15) is 5.00 Å². The van der Waals surface area contributed by atoms with Crippen LogP contribution in [0.2, 0.25) is 0 Å². The van der Waals surface area contributed by atoms with Crippen molar-refractivity contribution in [2.24, 2.45) is 0 Å². The van der Waals surface area contributed by atoms with Crippen LogP contribution in [0.15, 0.2) is 0 Å². The minimum atomic E-state index is -1.01. The summed E-state index contributed by atoms with van der Waals surface area (Å²) in [4.78, 5) is 24.0. The first-order valence-electron chi connectivity index (χ1n) is 6.48. The molecule has 3 N–H and O–H groups in total. The van der Waals surface area contributed by atoms with Crippen LogP contribution in [0.4, 0.5) is 9.80 Å². The fraction of sp³-hybridized carbons (Fsp3) is 0.538. The fourth-order valence-corrected chi connectivity index (χ4v) is 4.38. The van der Waals surface area contributed by atoms with Crippen LogP contribution < -0.4 is 10.6 Å². The second kappa shape index (κ2) is 6.49. The van der Waals surface area contributed by atoms with Crippen molar-refractivity contribution >= 4 is 40.1 Å². The van der Waals surface area contributed by atoms with Gasteiger partial charge in [-0.15, -0.1) is 11.3 Å². The topological polar surface area (TPSA) is 78.4 Å². The van der Waals surface area contributed by atoms with Crippen molar-refractivity contribution in [2.75, 3.05) is 17.6 Å². The zero-order valence-electron chi connectivity index (χ0n) is 11.5. The van der Waals surface area contributed by atoms with E-state index in [-0.39, 0.29) is 11.6 Å². The van der Waals surface area contributed by atoms with Crippen LogP contribution in [0.25, 0.3) is 0 Å². The van der Waals surface area contributed by atoms with Crippen molar-refractivity contribution in [3.63, 3.8) is 0 Å². The molecule has 1 aromatic rings. The molecular weight excluding hydrogens is 296 g/mol. The van der Waals surface area contributed by atoms with Crippen LogP contribution in [0.3, 0.4) is 0 Å². The third kappa shape index (κ3) is 3.46. The Bertz CT molecular complexity index is 522. The number of aromatic carboxylic acids is 1. The van der Waals surface area contributed by atoms with Crippen molar-refractivity contribution in [1.29, 1.82) is 0 Å². The molecule has 0 radical (unpaired) electrons. The van der Waals surface area contributed by atoms with E-state index in [9.17, 15) is 14.7 Å². The molecular formula is C13H18N2O3S2. The molecule has 1 aromatic heterocycles. The summed E-state index contributed by atoms with van der Waals surface area (Å²) < 4.78 is 0. The summed E-state index contributed by atoms with van der Waals surface area (Å²) in [5.74, 6) is 0.147. The first-order chi connectivity index (χ1) is 9.49. The lowest BCUT2D eigenvalue weighted by molar-refractivity contribution is 0.0697. The van der Waals surface area contributed by atoms with Crippen LogP contribution in [-0.2, 0) is 0 Å². The Morgan fingerprint density at radius 1 is 1.40 bits per heavy atom. The molecule has 0 saturated carbocycles. The lowest BCUT2D eigenvalue weighted by atomic mass is 10.1. The molecule has 1 saturated heterocycles. The van der Waals surface area contributed by atoms with Crippen molar-refractivity contribution in [2.45, 2.75) is 31.9 Å². The van der Waals surface area contributed by atoms with Gasteiger partial charge in [-0.1, -0.05) is 0 Å². The van der Waals surface area contributed by atoms with Gasteiger partial charge in [0.15, 0.2) is 0 Å². The number of hydrogen-bond acceptors (Lipinski definition) is 4. The van der Waals surface area contributed by atoms with Crippen molar-refractivity contribution in [3.8, 4) is 0 Å². The summed E-state index contributed by atoms with van der Waals surface area (Å²) >= 11 is 3.17. The molecule has 2 heterocycles. The molecule has 1 aliphatic rings. The second-order valence-corrected chi connectivity index (χ2v) is 7.40. The van der Waals surface area contributed by atoms with E-state index >= 15 is 0 Å². The summed E-state index contributed by atoms with van der Waals surface area (Å²) in [5.41, 5.74) is 0.905. The molecule has 1 atom stereocenters. The quantitative estimate of drug-likeness (QED) is 0.798. The molecule has 2 rings (SSSR count). The smallest absolute Gasteiger partial charge is 0.338 e. The predicted octanol–water partition coefficient (Wildman–Crippen LogP) is 3.08. The van der Waals surface area contributed by atoms with E-state index in [4.69, 9.17) is 0 Å². The standard InChI is InChI=1S/C13H18N2O3S2/c1-7-8(2)20-11(10(7)12(16)17)15-13(18)14-6-9-4-3-5-19-9/h9H,3-6H2,1-2H3,(H,16,17)(H2,14,15,18). The Labute approximate surface area is 126 Å². The normalized spacial score (nSPS) is 18.0. The minimum Gasteiger partial charge on any atom is -0.478 e. The van der Waals surface area contributed by atoms with Crippen LogP contribution in [0.1, 0.15) is 33.6 Å². The van der Waals surface area contributed by atoms with E-state index in [0.717, 1.165) is 17.1 Å². The number of thiophene rings is 1. The number of thioether (sulfide) groups is 1. The van der Waals surface area contributed by atoms with E-state index in [1.165, 1.54) is 17.8 Å². The van der Waals surface area contributed by atoms with E-state index in [0.29, 0.717) is 22.4 Å². The van der Waals surface area contributed by atoms with Gasteiger partial charge in [0.25, 0.3) is 0 Å². The second-order valence-electron chi connectivity index (χ2n) is 4.76. The molecule has 7 heteroatoms. The number of carboxylic acid groups (broad SMARTS) is 1. The Balaban J connectivity index is 1.96. The molecule has 1 fully saturated rings. The van der Waals surface area contributed by atoms with Gasteiger partial charge in [0, 0.05) is 16.7 Å². The van der Waals surface area contributed by atoms with Crippen LogP contribution in [0.5, 0.6) is 0 Å². The highest BCUT2D eigenvalue weighted by Crippen LogP contribution is 2.32. The highest BCUT2D eigenvalue weighted by atomic mass is 32.2. The number of hydrogen-bond donors (Lipinski definition) is 3. The summed E-state index contributed by atoms with van der Waals surface area (Å²) in [7, 11) is 0. The summed E-state index contributed by atoms with van der Waals surface area (Å²) in [6, 6.07) is -0.332. The average molecular weight is 314 g/mol. The maximum Gasteiger partial charge on any atom is 0.338 e. The number of carbonyl (C=O) groups excluding carboxylic acids is 1. The molecule has 1 aliphatic heterocycles. The lowest BCUT2D eigenvalue weighted by Gasteiger charge is -2.11. The molecule has 0 aromatic carbocycles. The van der Waals surface area contributed by atoms with Gasteiger partial charge in [-0.05, 0) is 38.0 Å². The molecule has 20 heavy (non-hydrogen) atoms. The molecule has 0 bridgehead atoms. The van der Waals surface area contributed by atoms with Crippen molar-refractivity contribution in [1.82, 2.24) is 5.32 Å². The highest BCUT2D eigenvalue weighted by molar-refractivity contribution is 8.00. The number of nitrogens with one attached hydrogen (secondary N) is 2. The zero-order chi connectivity index (χ0) is 14.7. The number of aryl methyl sites for hydroxylation is 1. The molecule has 110 valence electrons. The van der Waals surface area contributed by atoms with E-state index in [1.807, 2.05) is 18.7 Å². The number of urea groups is 1. The van der Waals surface area contributed by atoms with Crippen LogP contribution in [-0.4, -0.2) is 34.7 Å². The van der Waals surface area contributed by atoms with Gasteiger partial charge in [-0.3, -0.25) is 5.32 Å². The molecule has 0 spiro atoms. The van der Waals surface area contributed by atoms with Gasteiger partial charge in [-0.25, -0.2) is 9.59 Å². The van der Waals surface area contributed by atoms with Gasteiger partial charge in [-0.2, -0.15) is 11.8 Å². The number of carboxylic acids is 1. The Morgan fingerprint density at radius 3 is 2.75 bits per heavy atom. The Hall–Kier alpha value is -1.21. The summed E-state index contributed by atoms with van der Waals surface area (Å²) in [5, 5.41) is 15.6. The summed E-state index contributed by atoms with van der Waals surface area (Å²) in [6.07, 6.45) is 2.33. The third-order valence-electron chi connectivity index (χ3n) is 3.34. The number of carbonyl (C=O) groups is 2. The fourth-order valence-electron chi connectivity index (χ4n) is 2.13. The third-order valence-corrected chi connectivity index (χ3v) is 5.86. The molecule has 0 aliphatic carbocycles. The van der Waals surface area contributed by atoms with E-state index in [2.05, 4.69) is 10.6 Å². The first kappa shape index (κ1) is 15.2. The summed E-state index contributed by atoms with van der Waals surface area (Å²) in [6.45, 7) is 4.24. The zero-order valence-corrected chi connectivity index (χ0v) is 13.1. The SMILES string of the molecule is Cc1sc(NC(=O)NCC2CCCS2)c(C(=O)O)c1C. The molecule has 1 unspecified atom stereocenters. The number of anilines is 1. The van der Waals surface area contributed by atoms with E-state index < -0.39 is 5.97 Å². The number of rotatable bonds is 4. The lowest BCUT2D eigenvalue weighted by Crippen LogP contribution is -2.33. The number of amides is 2. The van der Waals surface area contributed by atoms with Crippen molar-refractivity contribution < 1.29 is 14.7 Å². The molecule has 5 nitrogen and oxygen atoms in total. The molecule has 2 amide bonds. The van der Waals surface area contributed by atoms with Crippen molar-refractivity contribution in [3.05, 3.63) is 16.0 Å². The van der Waals surface area contributed by atoms with Gasteiger partial charge in [0.05, 0.1) is 5.56 Å². The maximum atomic E-state index is 11.8. The highest BCUT2D eigenvalue weighted by Gasteiger charge is 2.21. The Kier molecular flexibility index (Phi) is 4.93. The average Bonchev–Trinajstić information content (AvgIpc) is 2.96. The van der Waals surface area contributed by atoms with Crippen LogP contribution in [0, 0.1) is 13.8 Å². The largest absolute Gasteiger partial charge is 0.478 e. The van der Waals surface area contributed by atoms with Gasteiger partial charge in [0.2, 0.25) is 0 Å². The van der Waals surface area contributed by atoms with Crippen LogP contribution >= 0.6 is 23.1 Å². The first-order valence-corrected chi connectivity index (χ1v) is 8.35. The van der Waals surface area contributed by atoms with E-state index in [1.54, 1.807) is 6.92 Å².